The van der Waals surface area contributed by atoms with Crippen molar-refractivity contribution in [1.29, 1.82) is 0 Å². The van der Waals surface area contributed by atoms with Gasteiger partial charge in [-0.2, -0.15) is 0 Å². The monoisotopic (exact) mass is 485 g/mol. The van der Waals surface area contributed by atoms with Crippen molar-refractivity contribution < 1.29 is 42.9 Å². The first kappa shape index (κ1) is 25.0. The highest BCUT2D eigenvalue weighted by Gasteiger charge is 2.32. The second-order valence-corrected chi connectivity index (χ2v) is 7.24. The molecule has 12 nitrogen and oxygen atoms in total. The summed E-state index contributed by atoms with van der Waals surface area (Å²) in [6.07, 6.45) is 0. The number of hydrogen-bond donors (Lipinski definition) is 2. The smallest absolute Gasteiger partial charge is 0.325 e. The van der Waals surface area contributed by atoms with Crippen LogP contribution in [0, 0.1) is 0 Å². The molecule has 1 aliphatic heterocycles. The highest BCUT2D eigenvalue weighted by Crippen LogP contribution is 2.38. The summed E-state index contributed by atoms with van der Waals surface area (Å²) in [5.74, 6) is -2.19. The Kier molecular flexibility index (Phi) is 7.54. The molecule has 4 amide bonds. The van der Waals surface area contributed by atoms with Gasteiger partial charge in [-0.05, 0) is 30.3 Å². The number of esters is 1. The fraction of sp³-hybridized carbons (Fsp3) is 0.261. The van der Waals surface area contributed by atoms with Crippen molar-refractivity contribution in [3.63, 3.8) is 0 Å². The quantitative estimate of drug-likeness (QED) is 0.389. The standard InChI is InChI=1S/C23H23N3O9/c1-26-22(30)14-6-5-13(9-15(14)23(26)31)25-18(27)11-35-19(28)10-24-21(29)12-7-16(32-2)20(34-4)17(8-12)33-3/h5-9H,10-11H2,1-4H3,(H,24,29)(H,25,27). The third kappa shape index (κ3) is 5.32. The molecule has 184 valence electrons. The van der Waals surface area contributed by atoms with Crippen molar-refractivity contribution >= 4 is 35.3 Å². The van der Waals surface area contributed by atoms with Crippen molar-refractivity contribution in [2.75, 3.05) is 46.8 Å². The van der Waals surface area contributed by atoms with E-state index >= 15 is 0 Å². The van der Waals surface area contributed by atoms with Crippen LogP contribution in [0.4, 0.5) is 5.69 Å². The normalized spacial score (nSPS) is 12.1. The van der Waals surface area contributed by atoms with Gasteiger partial charge in [0, 0.05) is 18.3 Å². The highest BCUT2D eigenvalue weighted by molar-refractivity contribution is 6.21. The van der Waals surface area contributed by atoms with Crippen LogP contribution in [0.2, 0.25) is 0 Å². The van der Waals surface area contributed by atoms with E-state index in [1.165, 1.54) is 58.7 Å². The zero-order valence-corrected chi connectivity index (χ0v) is 19.4. The molecule has 1 heterocycles. The van der Waals surface area contributed by atoms with Crippen LogP contribution in [0.5, 0.6) is 17.2 Å². The van der Waals surface area contributed by atoms with Crippen LogP contribution in [-0.4, -0.2) is 76.0 Å². The SMILES string of the molecule is COc1cc(C(=O)NCC(=O)OCC(=O)Nc2ccc3c(c2)C(=O)N(C)C3=O)cc(OC)c1OC. The molecule has 0 aliphatic carbocycles. The molecule has 2 aromatic carbocycles. The van der Waals surface area contributed by atoms with E-state index in [0.717, 1.165) is 4.90 Å². The molecule has 2 N–H and O–H groups in total. The van der Waals surface area contributed by atoms with Gasteiger partial charge >= 0.3 is 5.97 Å². The molecule has 3 rings (SSSR count). The molecule has 12 heteroatoms. The van der Waals surface area contributed by atoms with Gasteiger partial charge in [-0.25, -0.2) is 0 Å². The molecular formula is C23H23N3O9. The molecule has 0 saturated heterocycles. The Balaban J connectivity index is 1.51. The van der Waals surface area contributed by atoms with E-state index in [9.17, 15) is 24.0 Å². The Labute approximate surface area is 200 Å². The summed E-state index contributed by atoms with van der Waals surface area (Å²) in [6.45, 7) is -1.12. The van der Waals surface area contributed by atoms with Gasteiger partial charge in [-0.1, -0.05) is 0 Å². The maximum absolute atomic E-state index is 12.4. The molecule has 35 heavy (non-hydrogen) atoms. The number of carbonyl (C=O) groups is 5. The number of nitrogens with one attached hydrogen (secondary N) is 2. The first-order chi connectivity index (χ1) is 16.7. The van der Waals surface area contributed by atoms with Gasteiger partial charge in [0.25, 0.3) is 23.6 Å². The summed E-state index contributed by atoms with van der Waals surface area (Å²) in [7, 11) is 5.60. The predicted molar refractivity (Wildman–Crippen MR) is 121 cm³/mol. The van der Waals surface area contributed by atoms with Gasteiger partial charge in [0.15, 0.2) is 18.1 Å². The first-order valence-electron chi connectivity index (χ1n) is 10.2. The molecule has 0 aromatic heterocycles. The minimum Gasteiger partial charge on any atom is -0.493 e. The van der Waals surface area contributed by atoms with Crippen LogP contribution in [-0.2, 0) is 14.3 Å². The molecule has 0 unspecified atom stereocenters. The van der Waals surface area contributed by atoms with Crippen molar-refractivity contribution in [2.24, 2.45) is 0 Å². The summed E-state index contributed by atoms with van der Waals surface area (Å²) in [5, 5.41) is 4.86. The lowest BCUT2D eigenvalue weighted by Crippen LogP contribution is -2.32. The molecule has 0 fully saturated rings. The molecule has 0 saturated carbocycles. The zero-order chi connectivity index (χ0) is 25.7. The van der Waals surface area contributed by atoms with Crippen LogP contribution in [0.1, 0.15) is 31.1 Å². The lowest BCUT2D eigenvalue weighted by atomic mass is 10.1. The number of hydrogen-bond acceptors (Lipinski definition) is 9. The molecule has 1 aliphatic rings. The fourth-order valence-corrected chi connectivity index (χ4v) is 3.30. The number of ether oxygens (including phenoxy) is 4. The Morgan fingerprint density at radius 3 is 2.11 bits per heavy atom. The number of benzene rings is 2. The van der Waals surface area contributed by atoms with E-state index in [-0.39, 0.29) is 33.9 Å². The molecule has 0 bridgehead atoms. The van der Waals surface area contributed by atoms with E-state index in [0.29, 0.717) is 5.75 Å². The number of nitrogens with zero attached hydrogens (tertiary/aromatic N) is 1. The van der Waals surface area contributed by atoms with E-state index in [4.69, 9.17) is 18.9 Å². The number of fused-ring (bicyclic) bond motifs is 1. The summed E-state index contributed by atoms with van der Waals surface area (Å²) in [4.78, 5) is 61.5. The third-order valence-electron chi connectivity index (χ3n) is 5.06. The Morgan fingerprint density at radius 1 is 0.886 bits per heavy atom. The fourth-order valence-electron chi connectivity index (χ4n) is 3.30. The minimum atomic E-state index is -0.850. The first-order valence-corrected chi connectivity index (χ1v) is 10.2. The van der Waals surface area contributed by atoms with Crippen LogP contribution in [0.15, 0.2) is 30.3 Å². The van der Waals surface area contributed by atoms with Crippen molar-refractivity contribution in [2.45, 2.75) is 0 Å². The van der Waals surface area contributed by atoms with Crippen molar-refractivity contribution in [3.05, 3.63) is 47.0 Å². The largest absolute Gasteiger partial charge is 0.493 e. The van der Waals surface area contributed by atoms with Crippen LogP contribution in [0.25, 0.3) is 0 Å². The number of rotatable bonds is 9. The van der Waals surface area contributed by atoms with Gasteiger partial charge in [-0.3, -0.25) is 28.9 Å². The summed E-state index contributed by atoms with van der Waals surface area (Å²) in [5.41, 5.74) is 0.823. The van der Waals surface area contributed by atoms with Gasteiger partial charge in [-0.15, -0.1) is 0 Å². The van der Waals surface area contributed by atoms with Gasteiger partial charge < -0.3 is 29.6 Å². The Hall–Kier alpha value is -4.61. The lowest BCUT2D eigenvalue weighted by Gasteiger charge is -2.14. The molecule has 0 radical (unpaired) electrons. The van der Waals surface area contributed by atoms with Gasteiger partial charge in [0.1, 0.15) is 6.54 Å². The lowest BCUT2D eigenvalue weighted by molar-refractivity contribution is -0.146. The molecule has 0 atom stereocenters. The van der Waals surface area contributed by atoms with Crippen molar-refractivity contribution in [3.8, 4) is 17.2 Å². The maximum Gasteiger partial charge on any atom is 0.325 e. The number of amides is 4. The van der Waals surface area contributed by atoms with E-state index in [1.54, 1.807) is 0 Å². The summed E-state index contributed by atoms with van der Waals surface area (Å²) < 4.78 is 20.5. The molecule has 2 aromatic rings. The third-order valence-corrected chi connectivity index (χ3v) is 5.06. The van der Waals surface area contributed by atoms with Crippen LogP contribution < -0.4 is 24.8 Å². The topological polar surface area (TPSA) is 150 Å². The predicted octanol–water partition coefficient (Wildman–Crippen LogP) is 0.850. The number of methoxy groups -OCH3 is 3. The second kappa shape index (κ2) is 10.5. The number of carbonyl (C=O) groups excluding carboxylic acids is 5. The Morgan fingerprint density at radius 2 is 1.51 bits per heavy atom. The highest BCUT2D eigenvalue weighted by atomic mass is 16.5. The van der Waals surface area contributed by atoms with E-state index < -0.39 is 42.7 Å². The van der Waals surface area contributed by atoms with Crippen LogP contribution >= 0.6 is 0 Å². The summed E-state index contributed by atoms with van der Waals surface area (Å²) in [6, 6.07) is 7.10. The summed E-state index contributed by atoms with van der Waals surface area (Å²) >= 11 is 0. The van der Waals surface area contributed by atoms with Gasteiger partial charge in [0.2, 0.25) is 5.75 Å². The maximum atomic E-state index is 12.4. The Bertz CT molecular complexity index is 1180. The van der Waals surface area contributed by atoms with E-state index in [2.05, 4.69) is 10.6 Å². The second-order valence-electron chi connectivity index (χ2n) is 7.24. The molecular weight excluding hydrogens is 462 g/mol. The zero-order valence-electron chi connectivity index (χ0n) is 19.4. The number of imide groups is 1. The average molecular weight is 485 g/mol. The van der Waals surface area contributed by atoms with E-state index in [1.807, 2.05) is 0 Å². The van der Waals surface area contributed by atoms with Crippen LogP contribution in [0.3, 0.4) is 0 Å². The minimum absolute atomic E-state index is 0.153. The van der Waals surface area contributed by atoms with Crippen molar-refractivity contribution in [1.82, 2.24) is 10.2 Å². The molecule has 0 spiro atoms. The van der Waals surface area contributed by atoms with Gasteiger partial charge in [0.05, 0.1) is 32.5 Å². The average Bonchev–Trinajstić information content (AvgIpc) is 3.08. The number of anilines is 1.